The van der Waals surface area contributed by atoms with Gasteiger partial charge in [0.2, 0.25) is 0 Å². The molecule has 0 radical (unpaired) electrons. The molecule has 2 N–H and O–H groups in total. The molecule has 22 aromatic rings. The number of furan rings is 3. The summed E-state index contributed by atoms with van der Waals surface area (Å²) in [6, 6.07) is 105. The van der Waals surface area contributed by atoms with Gasteiger partial charge in [0, 0.05) is 122 Å². The third-order valence-corrected chi connectivity index (χ3v) is 25.3. The fraction of sp³-hybridized carbons (Fsp3) is 0. The molecule has 0 aliphatic heterocycles. The van der Waals surface area contributed by atoms with Crippen molar-refractivity contribution in [2.45, 2.75) is 0 Å². The Morgan fingerprint density at radius 1 is 0.206 bits per heavy atom. The highest BCUT2D eigenvalue weighted by atomic mass is 79.9. The SMILES string of the molecule is Brc1ccc2sc3cc4sc5ccc(Br)cc5c4cc3c2c1.OB(O)c1ccc2oc3ccc(-c4ccccc4)cc3c2c1.c1ccc(-c2ccc3oc4ccc(-c5ccc6sc7cc8sc9ccc(-c%10ccc%11oc%12ccc(-c%13ccccc%13)cc%12c%11c%10)cc9c8cc7c6c5)cc4c3c2)cc1. The minimum atomic E-state index is -1.48. The van der Waals surface area contributed by atoms with E-state index in [2.05, 4.69) is 281 Å². The molecule has 0 spiro atoms. The molecular weight excluding hydrogens is 1460 g/mol. The van der Waals surface area contributed by atoms with Crippen molar-refractivity contribution in [1.82, 2.24) is 0 Å². The van der Waals surface area contributed by atoms with Crippen molar-refractivity contribution in [1.29, 1.82) is 0 Å². The zero-order valence-electron chi connectivity index (χ0n) is 53.9. The average molecular weight is 1510 g/mol. The molecule has 0 saturated carbocycles. The number of halogens is 2. The maximum absolute atomic E-state index is 9.35. The predicted octanol–water partition coefficient (Wildman–Crippen LogP) is 27.8. The highest BCUT2D eigenvalue weighted by Gasteiger charge is 2.20. The number of thiophene rings is 4. The van der Waals surface area contributed by atoms with Crippen LogP contribution in [-0.2, 0) is 0 Å². The van der Waals surface area contributed by atoms with E-state index in [0.29, 0.717) is 5.46 Å². The fourth-order valence-electron chi connectivity index (χ4n) is 14.7. The highest BCUT2D eigenvalue weighted by Crippen LogP contribution is 2.47. The number of rotatable bonds is 6. The fourth-order valence-corrected chi connectivity index (χ4v) is 20.0. The summed E-state index contributed by atoms with van der Waals surface area (Å²) >= 11 is 14.7. The van der Waals surface area contributed by atoms with Crippen LogP contribution >= 0.6 is 77.2 Å². The topological polar surface area (TPSA) is 79.9 Å². The number of hydrogen-bond donors (Lipinski definition) is 2. The van der Waals surface area contributed by atoms with Gasteiger partial charge in [0.1, 0.15) is 33.5 Å². The molecule has 0 aliphatic carbocycles. The molecule has 0 saturated heterocycles. The Balaban J connectivity index is 0.000000128. The van der Waals surface area contributed by atoms with Crippen molar-refractivity contribution in [3.63, 3.8) is 0 Å². The van der Waals surface area contributed by atoms with Crippen molar-refractivity contribution >= 4 is 236 Å². The number of benzene rings is 15. The number of hydrogen-bond acceptors (Lipinski definition) is 9. The Morgan fingerprint density at radius 2 is 0.451 bits per heavy atom. The quantitative estimate of drug-likeness (QED) is 0.162. The van der Waals surface area contributed by atoms with Gasteiger partial charge < -0.3 is 23.3 Å². The first-order valence-electron chi connectivity index (χ1n) is 33.5. The summed E-state index contributed by atoms with van der Waals surface area (Å²) in [5, 5.41) is 35.7. The maximum atomic E-state index is 9.35. The molecule has 0 fully saturated rings. The zero-order chi connectivity index (χ0) is 67.8. The first-order valence-corrected chi connectivity index (χ1v) is 38.3. The second-order valence-electron chi connectivity index (χ2n) is 25.9. The largest absolute Gasteiger partial charge is 0.488 e. The second kappa shape index (κ2) is 24.7. The van der Waals surface area contributed by atoms with E-state index in [9.17, 15) is 10.0 Å². The first-order chi connectivity index (χ1) is 50.1. The third-order valence-electron chi connectivity index (χ3n) is 19.8. The van der Waals surface area contributed by atoms with E-state index in [1.807, 2.05) is 75.7 Å². The van der Waals surface area contributed by atoms with E-state index in [0.717, 1.165) is 85.9 Å². The summed E-state index contributed by atoms with van der Waals surface area (Å²) in [4.78, 5) is 0. The van der Waals surface area contributed by atoms with E-state index in [1.165, 1.54) is 125 Å². The van der Waals surface area contributed by atoms with Gasteiger partial charge in [0.15, 0.2) is 0 Å². The monoisotopic (exact) mass is 1510 g/mol. The van der Waals surface area contributed by atoms with Crippen LogP contribution in [0.3, 0.4) is 0 Å². The molecular formula is C90H51BBr2O5S4. The van der Waals surface area contributed by atoms with Gasteiger partial charge >= 0.3 is 7.12 Å². The molecule has 482 valence electrons. The summed E-state index contributed by atoms with van der Waals surface area (Å²) < 4.78 is 31.4. The lowest BCUT2D eigenvalue weighted by atomic mass is 9.80. The van der Waals surface area contributed by atoms with Gasteiger partial charge in [0.05, 0.1) is 0 Å². The van der Waals surface area contributed by atoms with Crippen LogP contribution in [0.25, 0.3) is 202 Å². The molecule has 15 aromatic carbocycles. The van der Waals surface area contributed by atoms with Crippen molar-refractivity contribution in [3.8, 4) is 55.6 Å². The van der Waals surface area contributed by atoms with E-state index < -0.39 is 7.12 Å². The van der Waals surface area contributed by atoms with E-state index in [4.69, 9.17) is 13.3 Å². The van der Waals surface area contributed by atoms with Crippen LogP contribution < -0.4 is 5.46 Å². The summed E-state index contributed by atoms with van der Waals surface area (Å²) in [5.74, 6) is 0. The Labute approximate surface area is 616 Å². The normalized spacial score (nSPS) is 11.9. The Morgan fingerprint density at radius 3 is 0.765 bits per heavy atom. The summed E-state index contributed by atoms with van der Waals surface area (Å²) in [5.41, 5.74) is 17.5. The summed E-state index contributed by atoms with van der Waals surface area (Å²) in [6.45, 7) is 0. The molecule has 7 heterocycles. The molecule has 5 nitrogen and oxygen atoms in total. The average Bonchev–Trinajstić information content (AvgIpc) is 1.60. The van der Waals surface area contributed by atoms with E-state index in [1.54, 1.807) is 18.2 Å². The van der Waals surface area contributed by atoms with Gasteiger partial charge in [-0.2, -0.15) is 0 Å². The molecule has 22 rings (SSSR count). The summed E-state index contributed by atoms with van der Waals surface area (Å²) in [7, 11) is -1.48. The van der Waals surface area contributed by atoms with Gasteiger partial charge in [-0.15, -0.1) is 45.3 Å². The van der Waals surface area contributed by atoms with Crippen molar-refractivity contribution in [2.75, 3.05) is 0 Å². The summed E-state index contributed by atoms with van der Waals surface area (Å²) in [6.07, 6.45) is 0. The Bertz CT molecular complexity index is 6810. The van der Waals surface area contributed by atoms with E-state index in [-0.39, 0.29) is 0 Å². The van der Waals surface area contributed by atoms with Crippen molar-refractivity contribution < 1.29 is 23.3 Å². The van der Waals surface area contributed by atoms with Crippen molar-refractivity contribution in [2.24, 2.45) is 0 Å². The molecule has 0 unspecified atom stereocenters. The zero-order valence-corrected chi connectivity index (χ0v) is 60.3. The molecule has 0 aliphatic rings. The lowest BCUT2D eigenvalue weighted by Crippen LogP contribution is -2.29. The highest BCUT2D eigenvalue weighted by molar-refractivity contribution is 9.10. The van der Waals surface area contributed by atoms with Gasteiger partial charge in [0.25, 0.3) is 0 Å². The Kier molecular flexibility index (Phi) is 14.8. The molecule has 0 atom stereocenters. The van der Waals surface area contributed by atoms with Crippen LogP contribution in [0, 0.1) is 0 Å². The van der Waals surface area contributed by atoms with Gasteiger partial charge in [-0.3, -0.25) is 0 Å². The van der Waals surface area contributed by atoms with Crippen LogP contribution in [0.5, 0.6) is 0 Å². The first kappa shape index (κ1) is 61.4. The lowest BCUT2D eigenvalue weighted by molar-refractivity contribution is 0.426. The molecule has 0 bridgehead atoms. The van der Waals surface area contributed by atoms with Crippen molar-refractivity contribution in [3.05, 3.63) is 306 Å². The van der Waals surface area contributed by atoms with E-state index >= 15 is 0 Å². The van der Waals surface area contributed by atoms with Crippen LogP contribution in [0.1, 0.15) is 0 Å². The van der Waals surface area contributed by atoms with Gasteiger partial charge in [-0.25, -0.2) is 0 Å². The van der Waals surface area contributed by atoms with Gasteiger partial charge in [-0.1, -0.05) is 177 Å². The molecule has 7 aromatic heterocycles. The van der Waals surface area contributed by atoms with Crippen LogP contribution in [0.4, 0.5) is 0 Å². The second-order valence-corrected chi connectivity index (χ2v) is 32.1. The van der Waals surface area contributed by atoms with Gasteiger partial charge in [-0.05, 0) is 213 Å². The molecule has 102 heavy (non-hydrogen) atoms. The smallest absolute Gasteiger partial charge is 0.456 e. The predicted molar refractivity (Wildman–Crippen MR) is 445 cm³/mol. The minimum Gasteiger partial charge on any atom is -0.456 e. The number of fused-ring (bicyclic) bond motifs is 21. The lowest BCUT2D eigenvalue weighted by Gasteiger charge is -2.04. The Hall–Kier alpha value is -10.5. The standard InChI is InChI=1S/C54H30O2S2.C18H13BO3.C18H8Br2S2/c1-3-7-31(8-4-1)33-11-17-47-39(23-33)41-25-35(13-19-49(41)55-47)37-15-21-51-43(27-37)45-29-46-44-28-38(16-22-52(44)58-54(46)30-53(45)57-51)36-14-20-50-42(26-36)40-24-34(12-18-48(40)56-50)32-9-5-2-6-10-32;20-19(21)14-7-9-18-16(11-14)15-10-13(6-8-17(15)22-18)12-4-2-1-3-5-12;19-9-1-3-15-11(5-9)13-7-14-12-6-10(20)2-4-16(12)22-18(14)8-17(13)21-15/h1-30H;1-11,20-21H;1-8H. The van der Waals surface area contributed by atoms with Crippen LogP contribution in [0.15, 0.2) is 319 Å². The van der Waals surface area contributed by atoms with Crippen LogP contribution in [0.2, 0.25) is 0 Å². The van der Waals surface area contributed by atoms with Crippen LogP contribution in [-0.4, -0.2) is 17.2 Å². The molecule has 12 heteroatoms. The minimum absolute atomic E-state index is 0.459. The third kappa shape index (κ3) is 10.7. The molecule has 0 amide bonds. The maximum Gasteiger partial charge on any atom is 0.488 e.